The van der Waals surface area contributed by atoms with E-state index in [-0.39, 0.29) is 11.8 Å². The summed E-state index contributed by atoms with van der Waals surface area (Å²) >= 11 is 0. The largest absolute Gasteiger partial charge is 0.444 e. The molecule has 2 amide bonds. The van der Waals surface area contributed by atoms with Crippen LogP contribution in [0.5, 0.6) is 0 Å². The molecule has 0 unspecified atom stereocenters. The number of alkyl carbamates (subject to hydrolysis) is 1. The molecule has 0 spiro atoms. The van der Waals surface area contributed by atoms with Gasteiger partial charge >= 0.3 is 6.09 Å². The maximum Gasteiger partial charge on any atom is 0.407 e. The van der Waals surface area contributed by atoms with Gasteiger partial charge in [-0.2, -0.15) is 0 Å². The Labute approximate surface area is 200 Å². The van der Waals surface area contributed by atoms with Gasteiger partial charge in [0.1, 0.15) is 11.3 Å². The molecule has 34 heavy (non-hydrogen) atoms. The van der Waals surface area contributed by atoms with Crippen molar-refractivity contribution in [3.8, 4) is 5.69 Å². The summed E-state index contributed by atoms with van der Waals surface area (Å²) < 4.78 is 7.30. The summed E-state index contributed by atoms with van der Waals surface area (Å²) in [7, 11) is 0. The number of hydrogen-bond donors (Lipinski definition) is 3. The summed E-state index contributed by atoms with van der Waals surface area (Å²) in [6.07, 6.45) is 6.32. The fourth-order valence-electron chi connectivity index (χ4n) is 3.89. The second kappa shape index (κ2) is 10.6. The predicted octanol–water partition coefficient (Wildman–Crippen LogP) is 3.81. The third-order valence-corrected chi connectivity index (χ3v) is 5.33. The molecular weight excluding hydrogens is 432 g/mol. The van der Waals surface area contributed by atoms with Gasteiger partial charge in [-0.05, 0) is 76.9 Å². The highest BCUT2D eigenvalue weighted by Crippen LogP contribution is 2.22. The summed E-state index contributed by atoms with van der Waals surface area (Å²) in [6, 6.07) is 5.82. The van der Waals surface area contributed by atoms with Crippen LogP contribution in [0.2, 0.25) is 0 Å². The number of anilines is 1. The van der Waals surface area contributed by atoms with E-state index in [1.165, 1.54) is 6.08 Å². The molecule has 3 rings (SSSR count). The van der Waals surface area contributed by atoms with E-state index in [0.29, 0.717) is 18.8 Å². The molecular formula is C25H34N6O3. The first kappa shape index (κ1) is 25.2. The average Bonchev–Trinajstić information content (AvgIpc) is 3.18. The van der Waals surface area contributed by atoms with E-state index in [4.69, 9.17) is 10.1 Å². The van der Waals surface area contributed by atoms with Crippen LogP contribution in [-0.2, 0) is 16.1 Å². The van der Waals surface area contributed by atoms with Gasteiger partial charge in [0.25, 0.3) is 5.91 Å². The molecule has 1 fully saturated rings. The summed E-state index contributed by atoms with van der Waals surface area (Å²) in [6.45, 7) is 13.2. The minimum absolute atomic E-state index is 0.00955. The van der Waals surface area contributed by atoms with Crippen molar-refractivity contribution in [2.24, 2.45) is 0 Å². The van der Waals surface area contributed by atoms with Crippen LogP contribution in [0.1, 0.15) is 44.9 Å². The molecule has 0 radical (unpaired) electrons. The monoisotopic (exact) mass is 466 g/mol. The van der Waals surface area contributed by atoms with Crippen molar-refractivity contribution in [2.75, 3.05) is 18.4 Å². The van der Waals surface area contributed by atoms with Crippen molar-refractivity contribution in [2.45, 2.75) is 58.7 Å². The SMILES string of the molecule is C=CC(=N)C(=O)Nc1cc(CN2CCC[C@H](NC(=O)OC(C)(C)C)C2)cc(-n2cnc(C)c2)c1. The summed E-state index contributed by atoms with van der Waals surface area (Å²) in [5.41, 5.74) is 2.61. The highest BCUT2D eigenvalue weighted by molar-refractivity contribution is 6.45. The number of hydrogen-bond acceptors (Lipinski definition) is 6. The first-order valence-electron chi connectivity index (χ1n) is 11.4. The number of likely N-dealkylation sites (tertiary alicyclic amines) is 1. The van der Waals surface area contributed by atoms with Crippen LogP contribution in [0, 0.1) is 12.3 Å². The molecule has 1 saturated heterocycles. The Kier molecular flexibility index (Phi) is 7.88. The lowest BCUT2D eigenvalue weighted by molar-refractivity contribution is -0.110. The van der Waals surface area contributed by atoms with Crippen molar-refractivity contribution in [1.29, 1.82) is 5.41 Å². The lowest BCUT2D eigenvalue weighted by atomic mass is 10.0. The molecule has 3 N–H and O–H groups in total. The number of amides is 2. The van der Waals surface area contributed by atoms with Crippen molar-refractivity contribution in [3.05, 3.63) is 54.6 Å². The minimum Gasteiger partial charge on any atom is -0.444 e. The Morgan fingerprint density at radius 3 is 2.74 bits per heavy atom. The number of benzene rings is 1. The fourth-order valence-corrected chi connectivity index (χ4v) is 3.89. The van der Waals surface area contributed by atoms with Crippen LogP contribution >= 0.6 is 0 Å². The second-order valence-corrected chi connectivity index (χ2v) is 9.60. The Balaban J connectivity index is 1.76. The zero-order valence-electron chi connectivity index (χ0n) is 20.4. The number of carbonyl (C=O) groups is 2. The topological polar surface area (TPSA) is 112 Å². The van der Waals surface area contributed by atoms with Gasteiger partial charge in [0.05, 0.1) is 12.0 Å². The van der Waals surface area contributed by atoms with E-state index in [0.717, 1.165) is 36.3 Å². The van der Waals surface area contributed by atoms with Gasteiger partial charge in [0, 0.05) is 36.7 Å². The molecule has 1 aliphatic rings. The van der Waals surface area contributed by atoms with Gasteiger partial charge in [0.2, 0.25) is 0 Å². The Morgan fingerprint density at radius 2 is 2.09 bits per heavy atom. The molecule has 1 aromatic carbocycles. The predicted molar refractivity (Wildman–Crippen MR) is 133 cm³/mol. The maximum absolute atomic E-state index is 12.3. The third-order valence-electron chi connectivity index (χ3n) is 5.33. The number of ether oxygens (including phenoxy) is 1. The molecule has 2 aromatic rings. The Morgan fingerprint density at radius 1 is 1.32 bits per heavy atom. The van der Waals surface area contributed by atoms with Gasteiger partial charge in [-0.3, -0.25) is 15.1 Å². The molecule has 0 saturated carbocycles. The van der Waals surface area contributed by atoms with E-state index in [1.54, 1.807) is 6.33 Å². The highest BCUT2D eigenvalue weighted by Gasteiger charge is 2.24. The first-order valence-corrected chi connectivity index (χ1v) is 11.4. The Hall–Kier alpha value is -3.46. The second-order valence-electron chi connectivity index (χ2n) is 9.60. The number of nitrogens with one attached hydrogen (secondary N) is 3. The lowest BCUT2D eigenvalue weighted by Gasteiger charge is -2.33. The van der Waals surface area contributed by atoms with Crippen LogP contribution in [0.3, 0.4) is 0 Å². The zero-order valence-corrected chi connectivity index (χ0v) is 20.4. The number of rotatable bonds is 7. The van der Waals surface area contributed by atoms with Crippen molar-refractivity contribution < 1.29 is 14.3 Å². The summed E-state index contributed by atoms with van der Waals surface area (Å²) in [5, 5.41) is 13.5. The molecule has 1 aliphatic heterocycles. The number of piperidine rings is 1. The van der Waals surface area contributed by atoms with E-state index >= 15 is 0 Å². The van der Waals surface area contributed by atoms with Crippen molar-refractivity contribution >= 4 is 23.4 Å². The quantitative estimate of drug-likeness (QED) is 0.537. The van der Waals surface area contributed by atoms with E-state index in [2.05, 4.69) is 33.2 Å². The van der Waals surface area contributed by atoms with E-state index in [9.17, 15) is 9.59 Å². The standard InChI is InChI=1S/C25H34N6O3/c1-6-22(26)23(32)28-20-10-18(11-21(12-20)31-13-17(2)27-16-31)14-30-9-7-8-19(15-30)29-24(33)34-25(3,4)5/h6,10-13,16,19,26H,1,7-9,14-15H2,2-5H3,(H,28,32)(H,29,33)/t19-/m0/s1. The van der Waals surface area contributed by atoms with Gasteiger partial charge < -0.3 is 19.9 Å². The maximum atomic E-state index is 12.3. The minimum atomic E-state index is -0.534. The number of aromatic nitrogens is 2. The molecule has 1 aromatic heterocycles. The van der Waals surface area contributed by atoms with E-state index in [1.807, 2.05) is 50.6 Å². The third kappa shape index (κ3) is 7.28. The molecule has 182 valence electrons. The normalized spacial score (nSPS) is 16.5. The zero-order chi connectivity index (χ0) is 24.9. The van der Waals surface area contributed by atoms with Crippen LogP contribution < -0.4 is 10.6 Å². The van der Waals surface area contributed by atoms with Gasteiger partial charge in [0.15, 0.2) is 0 Å². The van der Waals surface area contributed by atoms with Crippen molar-refractivity contribution in [1.82, 2.24) is 19.8 Å². The number of imidazole rings is 1. The highest BCUT2D eigenvalue weighted by atomic mass is 16.6. The van der Waals surface area contributed by atoms with Crippen molar-refractivity contribution in [3.63, 3.8) is 0 Å². The fraction of sp³-hybridized carbons (Fsp3) is 0.440. The number of aryl methyl sites for hydroxylation is 1. The Bertz CT molecular complexity index is 1070. The van der Waals surface area contributed by atoms with Crippen LogP contribution in [0.4, 0.5) is 10.5 Å². The average molecular weight is 467 g/mol. The van der Waals surface area contributed by atoms with Gasteiger partial charge in [-0.25, -0.2) is 9.78 Å². The molecule has 9 heteroatoms. The molecule has 1 atom stereocenters. The summed E-state index contributed by atoms with van der Waals surface area (Å²) in [4.78, 5) is 31.0. The molecule has 0 aliphatic carbocycles. The molecule has 9 nitrogen and oxygen atoms in total. The van der Waals surface area contributed by atoms with Crippen LogP contribution in [0.15, 0.2) is 43.4 Å². The number of nitrogens with zero attached hydrogens (tertiary/aromatic N) is 3. The smallest absolute Gasteiger partial charge is 0.407 e. The van der Waals surface area contributed by atoms with Crippen LogP contribution in [-0.4, -0.2) is 56.9 Å². The van der Waals surface area contributed by atoms with Crippen LogP contribution in [0.25, 0.3) is 5.69 Å². The lowest BCUT2D eigenvalue weighted by Crippen LogP contribution is -2.48. The van der Waals surface area contributed by atoms with Gasteiger partial charge in [-0.15, -0.1) is 0 Å². The first-order chi connectivity index (χ1) is 16.0. The summed E-state index contributed by atoms with van der Waals surface area (Å²) in [5.74, 6) is -0.514. The molecule has 0 bridgehead atoms. The number of carbonyl (C=O) groups excluding carboxylic acids is 2. The molecule has 2 heterocycles. The van der Waals surface area contributed by atoms with E-state index < -0.39 is 17.6 Å². The van der Waals surface area contributed by atoms with Gasteiger partial charge in [-0.1, -0.05) is 6.58 Å².